The number of halogens is 1. The maximum atomic E-state index is 12.1. The lowest BCUT2D eigenvalue weighted by molar-refractivity contribution is -0.134. The van der Waals surface area contributed by atoms with Crippen LogP contribution in [0.4, 0.5) is 0 Å². The summed E-state index contributed by atoms with van der Waals surface area (Å²) in [5.41, 5.74) is 1.80. The Morgan fingerprint density at radius 3 is 2.16 bits per heavy atom. The molecule has 1 aromatic carbocycles. The van der Waals surface area contributed by atoms with Crippen molar-refractivity contribution >= 4 is 17.6 Å². The Labute approximate surface area is 191 Å². The molecule has 1 heterocycles. The number of rotatable bonds is 14. The van der Waals surface area contributed by atoms with E-state index >= 15 is 0 Å². The van der Waals surface area contributed by atoms with Crippen molar-refractivity contribution in [1.82, 2.24) is 9.97 Å². The fourth-order valence-corrected chi connectivity index (χ4v) is 3.31. The van der Waals surface area contributed by atoms with Crippen LogP contribution in [0.15, 0.2) is 36.7 Å². The summed E-state index contributed by atoms with van der Waals surface area (Å²) in [6, 6.07) is 7.63. The molecule has 0 amide bonds. The molecule has 5 nitrogen and oxygen atoms in total. The van der Waals surface area contributed by atoms with Gasteiger partial charge in [-0.3, -0.25) is 4.79 Å². The molecule has 0 aliphatic carbocycles. The zero-order valence-electron chi connectivity index (χ0n) is 19.0. The second-order valence-electron chi connectivity index (χ2n) is 7.96. The Morgan fingerprint density at radius 2 is 1.55 bits per heavy atom. The van der Waals surface area contributed by atoms with E-state index in [9.17, 15) is 4.79 Å². The number of unbranched alkanes of at least 4 members (excludes halogenated alkanes) is 6. The number of benzene rings is 1. The Bertz CT molecular complexity index is 765. The Balaban J connectivity index is 1.77. The summed E-state index contributed by atoms with van der Waals surface area (Å²) in [4.78, 5) is 20.7. The van der Waals surface area contributed by atoms with Gasteiger partial charge in [0.25, 0.3) is 0 Å². The first-order chi connectivity index (χ1) is 15.0. The van der Waals surface area contributed by atoms with Crippen molar-refractivity contribution in [3.05, 3.63) is 36.7 Å². The van der Waals surface area contributed by atoms with Crippen LogP contribution in [-0.2, 0) is 4.79 Å². The molecule has 2 rings (SSSR count). The number of carbonyl (C=O) groups excluding carboxylic acids is 1. The van der Waals surface area contributed by atoms with E-state index in [1.807, 2.05) is 26.0 Å². The van der Waals surface area contributed by atoms with E-state index in [1.54, 1.807) is 24.5 Å². The highest BCUT2D eigenvalue weighted by atomic mass is 35.5. The summed E-state index contributed by atoms with van der Waals surface area (Å²) in [6.45, 7) is 6.81. The highest BCUT2D eigenvalue weighted by molar-refractivity contribution is 6.30. The van der Waals surface area contributed by atoms with Gasteiger partial charge in [-0.05, 0) is 30.0 Å². The van der Waals surface area contributed by atoms with Crippen molar-refractivity contribution in [2.45, 2.75) is 77.5 Å². The highest BCUT2D eigenvalue weighted by Gasteiger charge is 2.23. The molecule has 0 N–H and O–H groups in total. The lowest BCUT2D eigenvalue weighted by atomic mass is 10.1. The fraction of sp³-hybridized carbons (Fsp3) is 0.560. The third-order valence-corrected chi connectivity index (χ3v) is 5.99. The van der Waals surface area contributed by atoms with E-state index in [0.29, 0.717) is 18.4 Å². The third-order valence-electron chi connectivity index (χ3n) is 5.38. The maximum Gasteiger partial charge on any atom is 0.329 e. The number of ether oxygens (including phenoxy) is 2. The third kappa shape index (κ3) is 8.86. The number of nitrogens with zero attached hydrogens (tertiary/aromatic N) is 2. The standard InChI is InChI=1S/C25H35ClN2O3/c1-4-6-7-8-9-10-11-16-30-25-27-17-21(18-28-25)20-12-14-22(15-13-20)31-24(29)23(26)19(3)5-2/h12-15,17-19,23H,4-11,16H2,1-3H3. The van der Waals surface area contributed by atoms with E-state index in [4.69, 9.17) is 21.1 Å². The summed E-state index contributed by atoms with van der Waals surface area (Å²) in [5, 5.41) is -0.647. The minimum absolute atomic E-state index is 0.0668. The SMILES string of the molecule is CCCCCCCCCOc1ncc(-c2ccc(OC(=O)C(Cl)C(C)CC)cc2)cn1. The van der Waals surface area contributed by atoms with Gasteiger partial charge in [0.05, 0.1) is 6.61 Å². The van der Waals surface area contributed by atoms with Gasteiger partial charge in [0.1, 0.15) is 11.1 Å². The monoisotopic (exact) mass is 446 g/mol. The van der Waals surface area contributed by atoms with Gasteiger partial charge in [0.2, 0.25) is 0 Å². The van der Waals surface area contributed by atoms with Crippen LogP contribution in [0.25, 0.3) is 11.1 Å². The van der Waals surface area contributed by atoms with Crippen molar-refractivity contribution in [2.24, 2.45) is 5.92 Å². The molecule has 0 bridgehead atoms. The molecule has 31 heavy (non-hydrogen) atoms. The molecule has 0 aliphatic heterocycles. The number of carbonyl (C=O) groups is 1. The van der Waals surface area contributed by atoms with Crippen LogP contribution < -0.4 is 9.47 Å². The average molecular weight is 447 g/mol. The molecule has 170 valence electrons. The number of esters is 1. The summed E-state index contributed by atoms with van der Waals surface area (Å²) in [6.07, 6.45) is 13.0. The molecule has 2 atom stereocenters. The van der Waals surface area contributed by atoms with Gasteiger partial charge in [0, 0.05) is 18.0 Å². The van der Waals surface area contributed by atoms with Crippen LogP contribution in [0.3, 0.4) is 0 Å². The first-order valence-corrected chi connectivity index (χ1v) is 11.9. The van der Waals surface area contributed by atoms with Crippen LogP contribution in [0.5, 0.6) is 11.8 Å². The zero-order chi connectivity index (χ0) is 22.5. The normalized spacial score (nSPS) is 12.9. The number of alkyl halides is 1. The van der Waals surface area contributed by atoms with Gasteiger partial charge >= 0.3 is 12.0 Å². The first kappa shape index (κ1) is 25.1. The molecule has 0 fully saturated rings. The zero-order valence-corrected chi connectivity index (χ0v) is 19.7. The van der Waals surface area contributed by atoms with E-state index < -0.39 is 11.3 Å². The summed E-state index contributed by atoms with van der Waals surface area (Å²) < 4.78 is 11.0. The largest absolute Gasteiger partial charge is 0.463 e. The second-order valence-corrected chi connectivity index (χ2v) is 8.43. The molecular formula is C25H35ClN2O3. The number of hydrogen-bond donors (Lipinski definition) is 0. The molecular weight excluding hydrogens is 412 g/mol. The lowest BCUT2D eigenvalue weighted by Gasteiger charge is -2.15. The van der Waals surface area contributed by atoms with Crippen molar-refractivity contribution in [3.63, 3.8) is 0 Å². The van der Waals surface area contributed by atoms with Crippen LogP contribution in [-0.4, -0.2) is 27.9 Å². The summed E-state index contributed by atoms with van der Waals surface area (Å²) in [7, 11) is 0. The topological polar surface area (TPSA) is 61.3 Å². The first-order valence-electron chi connectivity index (χ1n) is 11.5. The van der Waals surface area contributed by atoms with Crippen LogP contribution >= 0.6 is 11.6 Å². The molecule has 0 aliphatic rings. The quantitative estimate of drug-likeness (QED) is 0.138. The van der Waals surface area contributed by atoms with Crippen molar-refractivity contribution < 1.29 is 14.3 Å². The molecule has 6 heteroatoms. The predicted molar refractivity (Wildman–Crippen MR) is 126 cm³/mol. The van der Waals surface area contributed by atoms with E-state index in [-0.39, 0.29) is 5.92 Å². The van der Waals surface area contributed by atoms with Crippen molar-refractivity contribution in [3.8, 4) is 22.9 Å². The Kier molecular flexibility index (Phi) is 11.4. The molecule has 0 saturated heterocycles. The highest BCUT2D eigenvalue weighted by Crippen LogP contribution is 2.23. The lowest BCUT2D eigenvalue weighted by Crippen LogP contribution is -2.26. The molecule has 2 unspecified atom stereocenters. The number of hydrogen-bond acceptors (Lipinski definition) is 5. The predicted octanol–water partition coefficient (Wildman–Crippen LogP) is 6.83. The van der Waals surface area contributed by atoms with Crippen LogP contribution in [0.2, 0.25) is 0 Å². The van der Waals surface area contributed by atoms with Gasteiger partial charge in [0.15, 0.2) is 0 Å². The van der Waals surface area contributed by atoms with Gasteiger partial charge in [-0.15, -0.1) is 11.6 Å². The molecule has 0 radical (unpaired) electrons. The van der Waals surface area contributed by atoms with Gasteiger partial charge in [-0.25, -0.2) is 9.97 Å². The summed E-state index contributed by atoms with van der Waals surface area (Å²) >= 11 is 6.15. The van der Waals surface area contributed by atoms with Gasteiger partial charge in [-0.2, -0.15) is 0 Å². The Hall–Kier alpha value is -2.14. The summed E-state index contributed by atoms with van der Waals surface area (Å²) in [5.74, 6) is 0.116. The van der Waals surface area contributed by atoms with E-state index in [0.717, 1.165) is 24.0 Å². The van der Waals surface area contributed by atoms with E-state index in [2.05, 4.69) is 16.9 Å². The van der Waals surface area contributed by atoms with Crippen molar-refractivity contribution in [1.29, 1.82) is 0 Å². The van der Waals surface area contributed by atoms with Crippen molar-refractivity contribution in [2.75, 3.05) is 6.61 Å². The van der Waals surface area contributed by atoms with Crippen LogP contribution in [0, 0.1) is 5.92 Å². The molecule has 0 saturated carbocycles. The second kappa shape index (κ2) is 14.0. The molecule has 0 spiro atoms. The average Bonchev–Trinajstić information content (AvgIpc) is 2.80. The van der Waals surface area contributed by atoms with Gasteiger partial charge < -0.3 is 9.47 Å². The van der Waals surface area contributed by atoms with E-state index in [1.165, 1.54) is 38.5 Å². The smallest absolute Gasteiger partial charge is 0.329 e. The van der Waals surface area contributed by atoms with Gasteiger partial charge in [-0.1, -0.05) is 77.8 Å². The fourth-order valence-electron chi connectivity index (χ4n) is 3.09. The minimum Gasteiger partial charge on any atom is -0.463 e. The van der Waals surface area contributed by atoms with Crippen LogP contribution in [0.1, 0.15) is 72.1 Å². The Morgan fingerprint density at radius 1 is 0.935 bits per heavy atom. The minimum atomic E-state index is -0.647. The maximum absolute atomic E-state index is 12.1. The molecule has 2 aromatic rings. The molecule has 1 aromatic heterocycles. The number of aromatic nitrogens is 2.